The molecule has 19 heavy (non-hydrogen) atoms. The third-order valence-corrected chi connectivity index (χ3v) is 4.44. The molecule has 0 aliphatic carbocycles. The number of hydrogen-bond acceptors (Lipinski definition) is 4. The topological polar surface area (TPSA) is 41.6 Å². The summed E-state index contributed by atoms with van der Waals surface area (Å²) in [6.45, 7) is 5.96. The number of carbonyl (C=O) groups is 1. The maximum atomic E-state index is 12.1. The molecule has 1 saturated heterocycles. The Bertz CT molecular complexity index is 425. The van der Waals surface area contributed by atoms with E-state index in [2.05, 4.69) is 10.2 Å². The molecule has 0 bridgehead atoms. The molecule has 1 aromatic rings. The first-order valence-electron chi connectivity index (χ1n) is 6.85. The predicted octanol–water partition coefficient (Wildman–Crippen LogP) is 2.28. The van der Waals surface area contributed by atoms with Crippen LogP contribution >= 0.6 is 11.3 Å². The molecular weight excluding hydrogens is 260 g/mol. The molecule has 0 radical (unpaired) electrons. The highest BCUT2D eigenvalue weighted by Gasteiger charge is 2.16. The van der Waals surface area contributed by atoms with E-state index in [4.69, 9.17) is 4.74 Å². The summed E-state index contributed by atoms with van der Waals surface area (Å²) in [5.74, 6) is 0.657. The molecule has 106 valence electrons. The van der Waals surface area contributed by atoms with Gasteiger partial charge in [-0.15, -0.1) is 11.3 Å². The molecule has 4 nitrogen and oxygen atoms in total. The number of nitrogens with one attached hydrogen (secondary N) is 1. The molecule has 0 saturated carbocycles. The summed E-state index contributed by atoms with van der Waals surface area (Å²) in [4.78, 5) is 16.3. The molecule has 2 rings (SSSR count). The second kappa shape index (κ2) is 6.91. The minimum Gasteiger partial charge on any atom is -0.495 e. The number of ether oxygens (including phenoxy) is 1. The number of amides is 1. The van der Waals surface area contributed by atoms with Crippen molar-refractivity contribution in [3.8, 4) is 5.75 Å². The van der Waals surface area contributed by atoms with Gasteiger partial charge in [0.2, 0.25) is 0 Å². The molecule has 5 heteroatoms. The van der Waals surface area contributed by atoms with Crippen molar-refractivity contribution < 1.29 is 9.53 Å². The van der Waals surface area contributed by atoms with Gasteiger partial charge in [0.15, 0.2) is 0 Å². The van der Waals surface area contributed by atoms with E-state index in [9.17, 15) is 4.79 Å². The van der Waals surface area contributed by atoms with Crippen LogP contribution in [0.25, 0.3) is 0 Å². The van der Waals surface area contributed by atoms with E-state index < -0.39 is 0 Å². The van der Waals surface area contributed by atoms with Crippen LogP contribution in [-0.2, 0) is 0 Å². The Hall–Kier alpha value is -1.07. The Balaban J connectivity index is 1.80. The SMILES string of the molecule is COc1cc(C)sc1C(=O)NCCN1CCCCC1. The molecule has 1 N–H and O–H groups in total. The van der Waals surface area contributed by atoms with Gasteiger partial charge >= 0.3 is 0 Å². The van der Waals surface area contributed by atoms with Crippen molar-refractivity contribution in [1.29, 1.82) is 0 Å². The molecule has 0 unspecified atom stereocenters. The molecule has 0 spiro atoms. The Morgan fingerprint density at radius 2 is 2.16 bits per heavy atom. The van der Waals surface area contributed by atoms with Gasteiger partial charge in [-0.1, -0.05) is 6.42 Å². The molecule has 1 fully saturated rings. The molecule has 1 amide bonds. The number of thiophene rings is 1. The minimum absolute atomic E-state index is 0.0213. The van der Waals surface area contributed by atoms with Gasteiger partial charge in [0.25, 0.3) is 5.91 Å². The van der Waals surface area contributed by atoms with Gasteiger partial charge < -0.3 is 15.0 Å². The Morgan fingerprint density at radius 1 is 1.42 bits per heavy atom. The molecule has 1 aromatic heterocycles. The Morgan fingerprint density at radius 3 is 2.84 bits per heavy atom. The lowest BCUT2D eigenvalue weighted by atomic mass is 10.1. The highest BCUT2D eigenvalue weighted by Crippen LogP contribution is 2.28. The van der Waals surface area contributed by atoms with Crippen LogP contribution in [0.2, 0.25) is 0 Å². The summed E-state index contributed by atoms with van der Waals surface area (Å²) in [5.41, 5.74) is 0. The number of hydrogen-bond donors (Lipinski definition) is 1. The van der Waals surface area contributed by atoms with E-state index in [1.807, 2.05) is 13.0 Å². The first-order chi connectivity index (χ1) is 9.20. The van der Waals surface area contributed by atoms with Crippen LogP contribution in [0, 0.1) is 6.92 Å². The zero-order chi connectivity index (χ0) is 13.7. The van der Waals surface area contributed by atoms with Gasteiger partial charge in [0, 0.05) is 18.0 Å². The lowest BCUT2D eigenvalue weighted by molar-refractivity contribution is 0.0948. The van der Waals surface area contributed by atoms with Crippen LogP contribution in [0.15, 0.2) is 6.07 Å². The van der Waals surface area contributed by atoms with E-state index in [1.54, 1.807) is 7.11 Å². The number of methoxy groups -OCH3 is 1. The van der Waals surface area contributed by atoms with Gasteiger partial charge in [0.1, 0.15) is 10.6 Å². The number of carbonyl (C=O) groups excluding carboxylic acids is 1. The van der Waals surface area contributed by atoms with Crippen molar-refractivity contribution in [3.63, 3.8) is 0 Å². The summed E-state index contributed by atoms with van der Waals surface area (Å²) in [5, 5.41) is 2.98. The van der Waals surface area contributed by atoms with Gasteiger partial charge in [0.05, 0.1) is 7.11 Å². The van der Waals surface area contributed by atoms with Crippen LogP contribution < -0.4 is 10.1 Å². The fourth-order valence-electron chi connectivity index (χ4n) is 2.39. The number of aryl methyl sites for hydroxylation is 1. The van der Waals surface area contributed by atoms with Gasteiger partial charge in [-0.25, -0.2) is 0 Å². The number of nitrogens with zero attached hydrogens (tertiary/aromatic N) is 1. The first kappa shape index (κ1) is 14.3. The van der Waals surface area contributed by atoms with Crippen molar-refractivity contribution >= 4 is 17.2 Å². The summed E-state index contributed by atoms with van der Waals surface area (Å²) >= 11 is 1.48. The maximum absolute atomic E-state index is 12.1. The fourth-order valence-corrected chi connectivity index (χ4v) is 3.29. The molecule has 1 aliphatic heterocycles. The number of piperidine rings is 1. The fraction of sp³-hybridized carbons (Fsp3) is 0.643. The molecule has 0 atom stereocenters. The second-order valence-electron chi connectivity index (χ2n) is 4.91. The molecular formula is C14H22N2O2S. The Labute approximate surface area is 118 Å². The molecule has 1 aliphatic rings. The van der Waals surface area contributed by atoms with Crippen LogP contribution in [0.3, 0.4) is 0 Å². The summed E-state index contributed by atoms with van der Waals surface area (Å²) in [7, 11) is 1.60. The zero-order valence-electron chi connectivity index (χ0n) is 11.7. The van der Waals surface area contributed by atoms with Crippen molar-refractivity contribution in [2.24, 2.45) is 0 Å². The lowest BCUT2D eigenvalue weighted by Crippen LogP contribution is -2.37. The van der Waals surface area contributed by atoms with Gasteiger partial charge in [-0.3, -0.25) is 4.79 Å². The monoisotopic (exact) mass is 282 g/mol. The minimum atomic E-state index is -0.0213. The van der Waals surface area contributed by atoms with Crippen LogP contribution in [0.4, 0.5) is 0 Å². The van der Waals surface area contributed by atoms with Crippen LogP contribution in [0.1, 0.15) is 33.8 Å². The average molecular weight is 282 g/mol. The summed E-state index contributed by atoms with van der Waals surface area (Å²) in [6.07, 6.45) is 3.91. The predicted molar refractivity (Wildman–Crippen MR) is 78.2 cm³/mol. The van der Waals surface area contributed by atoms with Gasteiger partial charge in [-0.2, -0.15) is 0 Å². The quantitative estimate of drug-likeness (QED) is 0.901. The highest BCUT2D eigenvalue weighted by atomic mass is 32.1. The third kappa shape index (κ3) is 3.94. The van der Waals surface area contributed by atoms with Crippen molar-refractivity contribution in [1.82, 2.24) is 10.2 Å². The van der Waals surface area contributed by atoms with Gasteiger partial charge in [-0.05, 0) is 38.9 Å². The van der Waals surface area contributed by atoms with Crippen LogP contribution in [-0.4, -0.2) is 44.1 Å². The molecule has 2 heterocycles. The van der Waals surface area contributed by atoms with E-state index in [-0.39, 0.29) is 5.91 Å². The Kier molecular flexibility index (Phi) is 5.22. The van der Waals surface area contributed by atoms with Crippen molar-refractivity contribution in [2.75, 3.05) is 33.3 Å². The second-order valence-corrected chi connectivity index (χ2v) is 6.17. The van der Waals surface area contributed by atoms with E-state index >= 15 is 0 Å². The summed E-state index contributed by atoms with van der Waals surface area (Å²) < 4.78 is 5.22. The summed E-state index contributed by atoms with van der Waals surface area (Å²) in [6, 6.07) is 1.91. The highest BCUT2D eigenvalue weighted by molar-refractivity contribution is 7.14. The standard InChI is InChI=1S/C14H22N2O2S/c1-11-10-12(18-2)13(19-11)14(17)15-6-9-16-7-4-3-5-8-16/h10H,3-9H2,1-2H3,(H,15,17). The van der Waals surface area contributed by atoms with Crippen molar-refractivity contribution in [3.05, 3.63) is 15.8 Å². The lowest BCUT2D eigenvalue weighted by Gasteiger charge is -2.26. The smallest absolute Gasteiger partial charge is 0.265 e. The third-order valence-electron chi connectivity index (χ3n) is 3.41. The normalized spacial score (nSPS) is 16.3. The van der Waals surface area contributed by atoms with Crippen molar-refractivity contribution in [2.45, 2.75) is 26.2 Å². The maximum Gasteiger partial charge on any atom is 0.265 e. The number of rotatable bonds is 5. The zero-order valence-corrected chi connectivity index (χ0v) is 12.5. The largest absolute Gasteiger partial charge is 0.495 e. The average Bonchev–Trinajstić information content (AvgIpc) is 2.81. The number of likely N-dealkylation sites (tertiary alicyclic amines) is 1. The first-order valence-corrected chi connectivity index (χ1v) is 7.67. The van der Waals surface area contributed by atoms with Crippen LogP contribution in [0.5, 0.6) is 5.75 Å². The van der Waals surface area contributed by atoms with E-state index in [0.717, 1.165) is 24.5 Å². The van der Waals surface area contributed by atoms with E-state index in [0.29, 0.717) is 17.2 Å². The molecule has 0 aromatic carbocycles. The van der Waals surface area contributed by atoms with E-state index in [1.165, 1.54) is 30.6 Å².